The number of nitrogens with one attached hydrogen (secondary N) is 2. The lowest BCUT2D eigenvalue weighted by molar-refractivity contribution is -0.274. The molecule has 1 aromatic rings. The molecule has 0 bridgehead atoms. The highest BCUT2D eigenvalue weighted by atomic mass is 19.4. The summed E-state index contributed by atoms with van der Waals surface area (Å²) in [6.45, 7) is 1.39. The lowest BCUT2D eigenvalue weighted by atomic mass is 9.92. The zero-order valence-electron chi connectivity index (χ0n) is 9.67. The summed E-state index contributed by atoms with van der Waals surface area (Å²) < 4.78 is 40.1. The van der Waals surface area contributed by atoms with E-state index >= 15 is 0 Å². The first-order valence-electron chi connectivity index (χ1n) is 5.20. The van der Waals surface area contributed by atoms with Crippen molar-refractivity contribution in [1.82, 2.24) is 10.6 Å². The van der Waals surface area contributed by atoms with Crippen LogP contribution in [-0.4, -0.2) is 18.3 Å². The number of ether oxygens (including phenoxy) is 1. The average Bonchev–Trinajstić information content (AvgIpc) is 2.51. The van der Waals surface area contributed by atoms with Crippen molar-refractivity contribution in [2.75, 3.05) is 0 Å². The number of imide groups is 1. The molecular weight excluding hydrogens is 265 g/mol. The molecule has 1 fully saturated rings. The second-order valence-electron chi connectivity index (χ2n) is 4.11. The van der Waals surface area contributed by atoms with Gasteiger partial charge in [0.15, 0.2) is 0 Å². The zero-order chi connectivity index (χ0) is 14.3. The van der Waals surface area contributed by atoms with E-state index in [4.69, 9.17) is 0 Å². The van der Waals surface area contributed by atoms with Gasteiger partial charge in [0.25, 0.3) is 5.91 Å². The quantitative estimate of drug-likeness (QED) is 0.806. The molecule has 0 aliphatic carbocycles. The third kappa shape index (κ3) is 2.61. The molecule has 8 heteroatoms. The van der Waals surface area contributed by atoms with Gasteiger partial charge in [0, 0.05) is 0 Å². The lowest BCUT2D eigenvalue weighted by Gasteiger charge is -2.21. The maximum absolute atomic E-state index is 12.1. The predicted molar refractivity (Wildman–Crippen MR) is 57.2 cm³/mol. The van der Waals surface area contributed by atoms with Crippen molar-refractivity contribution in [2.24, 2.45) is 0 Å². The molecule has 3 amide bonds. The number of amides is 3. The molecule has 1 saturated heterocycles. The van der Waals surface area contributed by atoms with E-state index in [1.54, 1.807) is 0 Å². The number of urea groups is 1. The van der Waals surface area contributed by atoms with Crippen LogP contribution in [-0.2, 0) is 10.3 Å². The number of alkyl halides is 3. The molecular formula is C11H9F3N2O3. The highest BCUT2D eigenvalue weighted by Crippen LogP contribution is 2.29. The van der Waals surface area contributed by atoms with Gasteiger partial charge in [-0.2, -0.15) is 0 Å². The Labute approximate surface area is 105 Å². The molecule has 0 aromatic heterocycles. The van der Waals surface area contributed by atoms with Crippen LogP contribution in [0.3, 0.4) is 0 Å². The van der Waals surface area contributed by atoms with Gasteiger partial charge in [0.2, 0.25) is 0 Å². The predicted octanol–water partition coefficient (Wildman–Crippen LogP) is 1.64. The van der Waals surface area contributed by atoms with Crippen molar-refractivity contribution < 1.29 is 27.5 Å². The van der Waals surface area contributed by atoms with Gasteiger partial charge in [0.1, 0.15) is 11.3 Å². The van der Waals surface area contributed by atoms with E-state index in [-0.39, 0.29) is 5.56 Å². The normalized spacial score (nSPS) is 22.9. The first kappa shape index (κ1) is 13.2. The number of carbonyl (C=O) groups is 2. The molecule has 19 heavy (non-hydrogen) atoms. The molecule has 0 saturated carbocycles. The molecule has 5 nitrogen and oxygen atoms in total. The molecule has 1 unspecified atom stereocenters. The fourth-order valence-corrected chi connectivity index (χ4v) is 1.75. The van der Waals surface area contributed by atoms with Crippen LogP contribution in [0.25, 0.3) is 0 Å². The van der Waals surface area contributed by atoms with Crippen molar-refractivity contribution in [1.29, 1.82) is 0 Å². The molecule has 1 aromatic carbocycles. The SMILES string of the molecule is CC1(c2cccc(OC(F)(F)F)c2)NC(=O)NC1=O. The van der Waals surface area contributed by atoms with Crippen molar-refractivity contribution in [2.45, 2.75) is 18.8 Å². The monoisotopic (exact) mass is 274 g/mol. The van der Waals surface area contributed by atoms with Crippen LogP contribution in [0.5, 0.6) is 5.75 Å². The van der Waals surface area contributed by atoms with Gasteiger partial charge in [-0.25, -0.2) is 4.79 Å². The fraction of sp³-hybridized carbons (Fsp3) is 0.273. The summed E-state index contributed by atoms with van der Waals surface area (Å²) in [5.41, 5.74) is -1.22. The summed E-state index contributed by atoms with van der Waals surface area (Å²) in [7, 11) is 0. The van der Waals surface area contributed by atoms with Crippen LogP contribution >= 0.6 is 0 Å². The number of hydrogen-bond donors (Lipinski definition) is 2. The Balaban J connectivity index is 2.34. The molecule has 1 atom stereocenters. The number of hydrogen-bond acceptors (Lipinski definition) is 3. The van der Waals surface area contributed by atoms with Gasteiger partial charge < -0.3 is 10.1 Å². The van der Waals surface area contributed by atoms with E-state index in [0.29, 0.717) is 0 Å². The lowest BCUT2D eigenvalue weighted by Crippen LogP contribution is -2.40. The Kier molecular flexibility index (Phi) is 2.88. The van der Waals surface area contributed by atoms with Crippen LogP contribution in [0.1, 0.15) is 12.5 Å². The second kappa shape index (κ2) is 4.15. The Morgan fingerprint density at radius 2 is 1.95 bits per heavy atom. The molecule has 1 heterocycles. The minimum absolute atomic E-state index is 0.192. The Morgan fingerprint density at radius 1 is 1.26 bits per heavy atom. The van der Waals surface area contributed by atoms with Crippen LogP contribution in [0.4, 0.5) is 18.0 Å². The van der Waals surface area contributed by atoms with E-state index in [0.717, 1.165) is 12.1 Å². The molecule has 0 spiro atoms. The molecule has 1 aliphatic heterocycles. The van der Waals surface area contributed by atoms with E-state index in [1.807, 2.05) is 5.32 Å². The third-order valence-electron chi connectivity index (χ3n) is 2.69. The first-order chi connectivity index (χ1) is 8.71. The van der Waals surface area contributed by atoms with Gasteiger partial charge in [-0.15, -0.1) is 13.2 Å². The average molecular weight is 274 g/mol. The maximum atomic E-state index is 12.1. The van der Waals surface area contributed by atoms with Crippen molar-refractivity contribution in [3.05, 3.63) is 29.8 Å². The minimum Gasteiger partial charge on any atom is -0.406 e. The highest BCUT2D eigenvalue weighted by Gasteiger charge is 2.43. The molecule has 2 N–H and O–H groups in total. The smallest absolute Gasteiger partial charge is 0.406 e. The number of rotatable bonds is 2. The number of halogens is 3. The Bertz CT molecular complexity index is 544. The Hall–Kier alpha value is -2.25. The second-order valence-corrected chi connectivity index (χ2v) is 4.11. The fourth-order valence-electron chi connectivity index (χ4n) is 1.75. The zero-order valence-corrected chi connectivity index (χ0v) is 9.67. The van der Waals surface area contributed by atoms with E-state index in [9.17, 15) is 22.8 Å². The molecule has 1 aliphatic rings. The van der Waals surface area contributed by atoms with Crippen LogP contribution in [0, 0.1) is 0 Å². The topological polar surface area (TPSA) is 67.4 Å². The molecule has 2 rings (SSSR count). The van der Waals surface area contributed by atoms with Crippen molar-refractivity contribution in [3.63, 3.8) is 0 Å². The van der Waals surface area contributed by atoms with Gasteiger partial charge in [-0.3, -0.25) is 10.1 Å². The highest BCUT2D eigenvalue weighted by molar-refractivity contribution is 6.07. The van der Waals surface area contributed by atoms with E-state index in [2.05, 4.69) is 10.1 Å². The molecule has 102 valence electrons. The van der Waals surface area contributed by atoms with Crippen molar-refractivity contribution in [3.8, 4) is 5.75 Å². The summed E-state index contributed by atoms with van der Waals surface area (Å²) in [4.78, 5) is 22.7. The van der Waals surface area contributed by atoms with Gasteiger partial charge in [0.05, 0.1) is 0 Å². The van der Waals surface area contributed by atoms with Crippen LogP contribution in [0.2, 0.25) is 0 Å². The van der Waals surface area contributed by atoms with Crippen molar-refractivity contribution >= 4 is 11.9 Å². The van der Waals surface area contributed by atoms with E-state index < -0.39 is 29.6 Å². The third-order valence-corrected chi connectivity index (χ3v) is 2.69. The van der Waals surface area contributed by atoms with Gasteiger partial charge in [-0.05, 0) is 24.6 Å². The summed E-state index contributed by atoms with van der Waals surface area (Å²) in [6.07, 6.45) is -4.82. The van der Waals surface area contributed by atoms with Crippen LogP contribution in [0.15, 0.2) is 24.3 Å². The number of benzene rings is 1. The number of carbonyl (C=O) groups excluding carboxylic acids is 2. The summed E-state index contributed by atoms with van der Waals surface area (Å²) >= 11 is 0. The van der Waals surface area contributed by atoms with Crippen LogP contribution < -0.4 is 15.4 Å². The van der Waals surface area contributed by atoms with E-state index in [1.165, 1.54) is 19.1 Å². The Morgan fingerprint density at radius 3 is 2.47 bits per heavy atom. The molecule has 0 radical (unpaired) electrons. The van der Waals surface area contributed by atoms with Gasteiger partial charge >= 0.3 is 12.4 Å². The maximum Gasteiger partial charge on any atom is 0.573 e. The van der Waals surface area contributed by atoms with Gasteiger partial charge in [-0.1, -0.05) is 12.1 Å². The first-order valence-corrected chi connectivity index (χ1v) is 5.20. The standard InChI is InChI=1S/C11H9F3N2O3/c1-10(8(17)15-9(18)16-10)6-3-2-4-7(5-6)19-11(12,13)14/h2-5H,1H3,(H2,15,16,17,18). The summed E-state index contributed by atoms with van der Waals surface area (Å²) in [5, 5.41) is 4.37. The minimum atomic E-state index is -4.82. The summed E-state index contributed by atoms with van der Waals surface area (Å²) in [5.74, 6) is -1.10. The summed E-state index contributed by atoms with van der Waals surface area (Å²) in [6, 6.07) is 4.19. The largest absolute Gasteiger partial charge is 0.573 e.